The molecule has 110 valence electrons. The molecule has 2 nitrogen and oxygen atoms in total. The number of nitrogens with two attached hydrogens (primary N) is 1. The summed E-state index contributed by atoms with van der Waals surface area (Å²) in [7, 11) is 0. The lowest BCUT2D eigenvalue weighted by Crippen LogP contribution is -2.34. The minimum absolute atomic E-state index is 0.667. The molecule has 0 aliphatic heterocycles. The zero-order valence-corrected chi connectivity index (χ0v) is 12.8. The second kappa shape index (κ2) is 6.31. The third kappa shape index (κ3) is 3.11. The molecule has 0 amide bonds. The molecule has 1 aliphatic carbocycles. The van der Waals surface area contributed by atoms with Gasteiger partial charge in [0, 0.05) is 24.7 Å². The summed E-state index contributed by atoms with van der Waals surface area (Å²) in [5.74, 6) is 0.667. The number of rotatable bonds is 6. The zero-order chi connectivity index (χ0) is 14.7. The number of nitrogens with zero attached hydrogens (tertiary/aromatic N) is 1. The van der Waals surface area contributed by atoms with E-state index in [4.69, 9.17) is 5.73 Å². The molecule has 0 bridgehead atoms. The largest absolute Gasteiger partial charge is 0.371 e. The van der Waals surface area contributed by atoms with Crippen LogP contribution < -0.4 is 10.6 Å². The van der Waals surface area contributed by atoms with Gasteiger partial charge in [0.2, 0.25) is 0 Å². The van der Waals surface area contributed by atoms with Crippen molar-refractivity contribution >= 4 is 5.69 Å². The molecule has 2 aromatic carbocycles. The molecule has 2 aromatic rings. The first-order chi connectivity index (χ1) is 10.3. The lowest BCUT2D eigenvalue weighted by atomic mass is 9.77. The molecule has 0 spiro atoms. The fourth-order valence-corrected chi connectivity index (χ4v) is 3.16. The maximum atomic E-state index is 5.71. The van der Waals surface area contributed by atoms with Gasteiger partial charge >= 0.3 is 0 Å². The van der Waals surface area contributed by atoms with E-state index < -0.39 is 0 Å². The van der Waals surface area contributed by atoms with E-state index in [0.717, 1.165) is 26.1 Å². The van der Waals surface area contributed by atoms with E-state index in [-0.39, 0.29) is 0 Å². The highest BCUT2D eigenvalue weighted by Gasteiger charge is 2.27. The summed E-state index contributed by atoms with van der Waals surface area (Å²) < 4.78 is 0. The van der Waals surface area contributed by atoms with Gasteiger partial charge in [-0.15, -0.1) is 0 Å². The minimum atomic E-state index is 0.667. The molecule has 21 heavy (non-hydrogen) atoms. The first-order valence-electron chi connectivity index (χ1n) is 7.87. The van der Waals surface area contributed by atoms with Crippen molar-refractivity contribution in [1.29, 1.82) is 0 Å². The molecule has 0 saturated heterocycles. The normalized spacial score (nSPS) is 16.2. The molecule has 0 aromatic heterocycles. The van der Waals surface area contributed by atoms with Crippen LogP contribution in [0.3, 0.4) is 0 Å². The summed E-state index contributed by atoms with van der Waals surface area (Å²) in [6.45, 7) is 5.03. The maximum absolute atomic E-state index is 5.71. The van der Waals surface area contributed by atoms with Crippen molar-refractivity contribution in [2.24, 2.45) is 5.73 Å². The zero-order valence-electron chi connectivity index (χ0n) is 12.8. The fourth-order valence-electron chi connectivity index (χ4n) is 3.16. The number of anilines is 1. The van der Waals surface area contributed by atoms with Gasteiger partial charge in [0.25, 0.3) is 0 Å². The van der Waals surface area contributed by atoms with Gasteiger partial charge in [-0.1, -0.05) is 42.0 Å². The fraction of sp³-hybridized carbons (Fsp3) is 0.368. The van der Waals surface area contributed by atoms with Gasteiger partial charge in [-0.25, -0.2) is 0 Å². The minimum Gasteiger partial charge on any atom is -0.371 e. The molecule has 1 atom stereocenters. The van der Waals surface area contributed by atoms with Gasteiger partial charge < -0.3 is 10.6 Å². The number of aryl methyl sites for hydroxylation is 1. The third-order valence-electron chi connectivity index (χ3n) is 4.43. The molecule has 2 N–H and O–H groups in total. The Morgan fingerprint density at radius 2 is 1.86 bits per heavy atom. The van der Waals surface area contributed by atoms with Crippen molar-refractivity contribution in [3.05, 3.63) is 65.2 Å². The monoisotopic (exact) mass is 280 g/mol. The van der Waals surface area contributed by atoms with Crippen LogP contribution in [0, 0.1) is 6.92 Å². The lowest BCUT2D eigenvalue weighted by Gasteiger charge is -2.36. The van der Waals surface area contributed by atoms with Crippen LogP contribution in [0.4, 0.5) is 5.69 Å². The smallest absolute Gasteiger partial charge is 0.0366 e. The van der Waals surface area contributed by atoms with Crippen LogP contribution in [-0.4, -0.2) is 19.6 Å². The van der Waals surface area contributed by atoms with E-state index >= 15 is 0 Å². The summed E-state index contributed by atoms with van der Waals surface area (Å²) in [4.78, 5) is 2.49. The topological polar surface area (TPSA) is 29.3 Å². The van der Waals surface area contributed by atoms with Crippen LogP contribution in [0.15, 0.2) is 48.5 Å². The molecule has 1 unspecified atom stereocenters. The Kier molecular flexibility index (Phi) is 4.26. The maximum Gasteiger partial charge on any atom is 0.0366 e. The molecule has 2 heteroatoms. The SMILES string of the molecule is Cc1ccc(N(CCCN)CC2Cc3ccccc32)cc1. The summed E-state index contributed by atoms with van der Waals surface area (Å²) in [5, 5.41) is 0. The number of hydrogen-bond acceptors (Lipinski definition) is 2. The number of hydrogen-bond donors (Lipinski definition) is 1. The van der Waals surface area contributed by atoms with Crippen molar-refractivity contribution in [2.75, 3.05) is 24.5 Å². The van der Waals surface area contributed by atoms with Gasteiger partial charge in [0.05, 0.1) is 0 Å². The predicted molar refractivity (Wildman–Crippen MR) is 90.0 cm³/mol. The van der Waals surface area contributed by atoms with Gasteiger partial charge in [0.1, 0.15) is 0 Å². The molecule has 0 fully saturated rings. The van der Waals surface area contributed by atoms with Crippen LogP contribution in [0.1, 0.15) is 29.0 Å². The van der Waals surface area contributed by atoms with Crippen LogP contribution >= 0.6 is 0 Å². The summed E-state index contributed by atoms with van der Waals surface area (Å²) in [6, 6.07) is 17.7. The second-order valence-electron chi connectivity index (χ2n) is 6.02. The number of fused-ring (bicyclic) bond motifs is 1. The average Bonchev–Trinajstić information content (AvgIpc) is 2.49. The Labute approximate surface area is 127 Å². The van der Waals surface area contributed by atoms with E-state index in [1.54, 1.807) is 0 Å². The quantitative estimate of drug-likeness (QED) is 0.877. The van der Waals surface area contributed by atoms with E-state index in [0.29, 0.717) is 5.92 Å². The number of benzene rings is 2. The van der Waals surface area contributed by atoms with Crippen LogP contribution in [0.25, 0.3) is 0 Å². The molecule has 0 radical (unpaired) electrons. The van der Waals surface area contributed by atoms with Gasteiger partial charge in [0.15, 0.2) is 0 Å². The molecule has 0 heterocycles. The highest BCUT2D eigenvalue weighted by molar-refractivity contribution is 5.49. The third-order valence-corrected chi connectivity index (χ3v) is 4.43. The van der Waals surface area contributed by atoms with Gasteiger partial charge in [-0.2, -0.15) is 0 Å². The lowest BCUT2D eigenvalue weighted by molar-refractivity contribution is 0.576. The van der Waals surface area contributed by atoms with E-state index in [2.05, 4.69) is 60.4 Å². The summed E-state index contributed by atoms with van der Waals surface area (Å²) in [6.07, 6.45) is 2.25. The molecular formula is C19H24N2. The van der Waals surface area contributed by atoms with Crippen molar-refractivity contribution in [3.8, 4) is 0 Å². The Morgan fingerprint density at radius 1 is 1.10 bits per heavy atom. The van der Waals surface area contributed by atoms with E-state index in [1.807, 2.05) is 0 Å². The second-order valence-corrected chi connectivity index (χ2v) is 6.02. The van der Waals surface area contributed by atoms with Crippen LogP contribution in [0.5, 0.6) is 0 Å². The Hall–Kier alpha value is -1.80. The standard InChI is InChI=1S/C19H24N2/c1-15-7-9-18(10-8-15)21(12-4-11-20)14-17-13-16-5-2-3-6-19(16)17/h2-3,5-10,17H,4,11-14,20H2,1H3. The summed E-state index contributed by atoms with van der Waals surface area (Å²) in [5.41, 5.74) is 11.4. The predicted octanol–water partition coefficient (Wildman–Crippen LogP) is 3.49. The van der Waals surface area contributed by atoms with Crippen molar-refractivity contribution in [3.63, 3.8) is 0 Å². The van der Waals surface area contributed by atoms with Gasteiger partial charge in [-0.05, 0) is 49.6 Å². The van der Waals surface area contributed by atoms with Gasteiger partial charge in [-0.3, -0.25) is 0 Å². The van der Waals surface area contributed by atoms with Crippen LogP contribution in [-0.2, 0) is 6.42 Å². The van der Waals surface area contributed by atoms with Crippen molar-refractivity contribution in [1.82, 2.24) is 0 Å². The first-order valence-corrected chi connectivity index (χ1v) is 7.87. The highest BCUT2D eigenvalue weighted by Crippen LogP contribution is 2.36. The highest BCUT2D eigenvalue weighted by atomic mass is 15.1. The molecule has 0 saturated carbocycles. The molecule has 1 aliphatic rings. The Bertz CT molecular complexity index is 589. The Morgan fingerprint density at radius 3 is 2.57 bits per heavy atom. The summed E-state index contributed by atoms with van der Waals surface area (Å²) >= 11 is 0. The van der Waals surface area contributed by atoms with E-state index in [9.17, 15) is 0 Å². The molecular weight excluding hydrogens is 256 g/mol. The Balaban J connectivity index is 1.73. The van der Waals surface area contributed by atoms with Crippen molar-refractivity contribution < 1.29 is 0 Å². The average molecular weight is 280 g/mol. The first kappa shape index (κ1) is 14.2. The van der Waals surface area contributed by atoms with Crippen LogP contribution in [0.2, 0.25) is 0 Å². The molecule has 3 rings (SSSR count). The van der Waals surface area contributed by atoms with E-state index in [1.165, 1.54) is 28.8 Å². The van der Waals surface area contributed by atoms with Crippen molar-refractivity contribution in [2.45, 2.75) is 25.7 Å².